The van der Waals surface area contributed by atoms with E-state index in [0.29, 0.717) is 0 Å². The third-order valence-electron chi connectivity index (χ3n) is 2.36. The average Bonchev–Trinajstić information content (AvgIpc) is 2.17. The van der Waals surface area contributed by atoms with E-state index in [1.807, 2.05) is 0 Å². The summed E-state index contributed by atoms with van der Waals surface area (Å²) in [6.45, 7) is 10.3. The highest BCUT2D eigenvalue weighted by atomic mass is 16.2. The van der Waals surface area contributed by atoms with Crippen LogP contribution in [-0.2, 0) is 0 Å². The van der Waals surface area contributed by atoms with Crippen molar-refractivity contribution in [2.24, 2.45) is 0 Å². The molecule has 0 aromatic heterocycles. The molecule has 0 bridgehead atoms. The van der Waals surface area contributed by atoms with Gasteiger partial charge in [-0.05, 0) is 52.5 Å². The van der Waals surface area contributed by atoms with E-state index < -0.39 is 0 Å². The standard InChI is InChI=1S/C15H24O/c1-13(2)7-5-8-14(3)9-6-10-15(4)11-12-16/h7,9,11-12,16H,4-6,8,10H2,1-3H3/b12-11+,14-9-. The van der Waals surface area contributed by atoms with E-state index in [0.717, 1.165) is 37.5 Å². The third-order valence-corrected chi connectivity index (χ3v) is 2.36. The predicted molar refractivity (Wildman–Crippen MR) is 72.6 cm³/mol. The number of hydrogen-bond acceptors (Lipinski definition) is 1. The van der Waals surface area contributed by atoms with Crippen LogP contribution in [-0.4, -0.2) is 5.11 Å². The topological polar surface area (TPSA) is 20.2 Å². The molecule has 0 aliphatic carbocycles. The van der Waals surface area contributed by atoms with Crippen molar-refractivity contribution in [3.8, 4) is 0 Å². The molecule has 16 heavy (non-hydrogen) atoms. The third kappa shape index (κ3) is 9.32. The maximum Gasteiger partial charge on any atom is 0.0794 e. The number of allylic oxidation sites excluding steroid dienone is 6. The van der Waals surface area contributed by atoms with E-state index >= 15 is 0 Å². The highest BCUT2D eigenvalue weighted by Gasteiger charge is 1.91. The van der Waals surface area contributed by atoms with Gasteiger partial charge in [-0.15, -0.1) is 0 Å². The van der Waals surface area contributed by atoms with E-state index in [1.54, 1.807) is 6.08 Å². The Kier molecular flexibility index (Phi) is 8.32. The summed E-state index contributed by atoms with van der Waals surface area (Å²) in [5.41, 5.74) is 3.78. The Bertz CT molecular complexity index is 289. The first-order valence-electron chi connectivity index (χ1n) is 5.83. The summed E-state index contributed by atoms with van der Waals surface area (Å²) in [6, 6.07) is 0. The Morgan fingerprint density at radius 1 is 1.06 bits per heavy atom. The van der Waals surface area contributed by atoms with Crippen LogP contribution < -0.4 is 0 Å². The lowest BCUT2D eigenvalue weighted by Gasteiger charge is -2.00. The van der Waals surface area contributed by atoms with Gasteiger partial charge in [-0.1, -0.05) is 35.5 Å². The van der Waals surface area contributed by atoms with Gasteiger partial charge >= 0.3 is 0 Å². The summed E-state index contributed by atoms with van der Waals surface area (Å²) >= 11 is 0. The van der Waals surface area contributed by atoms with E-state index in [4.69, 9.17) is 5.11 Å². The molecule has 0 rings (SSSR count). The van der Waals surface area contributed by atoms with Gasteiger partial charge in [-0.25, -0.2) is 0 Å². The molecule has 0 saturated heterocycles. The smallest absolute Gasteiger partial charge is 0.0794 e. The molecule has 0 unspecified atom stereocenters. The second-order valence-corrected chi connectivity index (χ2v) is 4.38. The van der Waals surface area contributed by atoms with Gasteiger partial charge in [-0.3, -0.25) is 0 Å². The number of hydrogen-bond donors (Lipinski definition) is 1. The van der Waals surface area contributed by atoms with Crippen LogP contribution in [0.15, 0.2) is 47.8 Å². The highest BCUT2D eigenvalue weighted by molar-refractivity contribution is 5.13. The van der Waals surface area contributed by atoms with E-state index in [2.05, 4.69) is 39.5 Å². The Labute approximate surface area is 99.9 Å². The first-order chi connectivity index (χ1) is 7.56. The zero-order chi connectivity index (χ0) is 12.4. The summed E-state index contributed by atoms with van der Waals surface area (Å²) < 4.78 is 0. The lowest BCUT2D eigenvalue weighted by Crippen LogP contribution is -1.80. The minimum absolute atomic E-state index is 0.914. The van der Waals surface area contributed by atoms with Crippen molar-refractivity contribution in [1.29, 1.82) is 0 Å². The quantitative estimate of drug-likeness (QED) is 0.360. The van der Waals surface area contributed by atoms with Crippen molar-refractivity contribution in [3.05, 3.63) is 47.8 Å². The fourth-order valence-electron chi connectivity index (χ4n) is 1.38. The molecule has 0 atom stereocenters. The van der Waals surface area contributed by atoms with Crippen LogP contribution in [0, 0.1) is 0 Å². The molecular formula is C15H24O. The van der Waals surface area contributed by atoms with Gasteiger partial charge in [-0.2, -0.15) is 0 Å². The van der Waals surface area contributed by atoms with Gasteiger partial charge in [0, 0.05) is 0 Å². The van der Waals surface area contributed by atoms with Crippen LogP contribution in [0.4, 0.5) is 0 Å². The number of rotatable bonds is 7. The molecule has 0 aromatic carbocycles. The number of aliphatic hydroxyl groups excluding tert-OH is 1. The zero-order valence-electron chi connectivity index (χ0n) is 10.8. The predicted octanol–water partition coefficient (Wildman–Crippen LogP) is 5.09. The molecule has 0 radical (unpaired) electrons. The number of aliphatic hydroxyl groups is 1. The van der Waals surface area contributed by atoms with Crippen molar-refractivity contribution in [1.82, 2.24) is 0 Å². The summed E-state index contributed by atoms with van der Waals surface area (Å²) in [7, 11) is 0. The van der Waals surface area contributed by atoms with Crippen LogP contribution in [0.5, 0.6) is 0 Å². The first kappa shape index (κ1) is 14.8. The summed E-state index contributed by atoms with van der Waals surface area (Å²) in [4.78, 5) is 0. The van der Waals surface area contributed by atoms with Gasteiger partial charge in [0.15, 0.2) is 0 Å². The Hall–Kier alpha value is -1.24. The molecule has 0 saturated carbocycles. The van der Waals surface area contributed by atoms with Gasteiger partial charge in [0.05, 0.1) is 6.26 Å². The fourth-order valence-corrected chi connectivity index (χ4v) is 1.38. The Morgan fingerprint density at radius 3 is 2.25 bits per heavy atom. The van der Waals surface area contributed by atoms with Crippen LogP contribution in [0.2, 0.25) is 0 Å². The van der Waals surface area contributed by atoms with Gasteiger partial charge in [0.2, 0.25) is 0 Å². The molecule has 0 aliphatic rings. The second-order valence-electron chi connectivity index (χ2n) is 4.38. The van der Waals surface area contributed by atoms with Crippen LogP contribution in [0.25, 0.3) is 0 Å². The van der Waals surface area contributed by atoms with E-state index in [1.165, 1.54) is 11.1 Å². The van der Waals surface area contributed by atoms with E-state index in [9.17, 15) is 0 Å². The van der Waals surface area contributed by atoms with Gasteiger partial charge in [0.25, 0.3) is 0 Å². The first-order valence-corrected chi connectivity index (χ1v) is 5.83. The fraction of sp³-hybridized carbons (Fsp3) is 0.467. The molecule has 0 aliphatic heterocycles. The molecule has 1 nitrogen and oxygen atoms in total. The molecule has 0 fully saturated rings. The molecule has 90 valence electrons. The van der Waals surface area contributed by atoms with Crippen molar-refractivity contribution in [3.63, 3.8) is 0 Å². The molecule has 0 heterocycles. The van der Waals surface area contributed by atoms with Crippen molar-refractivity contribution in [2.75, 3.05) is 0 Å². The molecule has 0 aromatic rings. The molecule has 1 heteroatoms. The SMILES string of the molecule is C=C(/C=C/O)CC/C=C(/C)CCC=C(C)C. The van der Waals surface area contributed by atoms with Crippen molar-refractivity contribution in [2.45, 2.75) is 46.5 Å². The summed E-state index contributed by atoms with van der Waals surface area (Å²) in [5.74, 6) is 0. The maximum atomic E-state index is 8.55. The lowest BCUT2D eigenvalue weighted by molar-refractivity contribution is 0.473. The van der Waals surface area contributed by atoms with Crippen molar-refractivity contribution >= 4 is 0 Å². The second kappa shape index (κ2) is 9.02. The average molecular weight is 220 g/mol. The molecule has 0 spiro atoms. The highest BCUT2D eigenvalue weighted by Crippen LogP contribution is 2.11. The largest absolute Gasteiger partial charge is 0.516 e. The zero-order valence-corrected chi connectivity index (χ0v) is 10.8. The summed E-state index contributed by atoms with van der Waals surface area (Å²) in [5, 5.41) is 8.55. The van der Waals surface area contributed by atoms with Crippen LogP contribution >= 0.6 is 0 Å². The van der Waals surface area contributed by atoms with Crippen LogP contribution in [0.1, 0.15) is 46.5 Å². The monoisotopic (exact) mass is 220 g/mol. The molecular weight excluding hydrogens is 196 g/mol. The minimum Gasteiger partial charge on any atom is -0.516 e. The Balaban J connectivity index is 3.79. The summed E-state index contributed by atoms with van der Waals surface area (Å²) in [6.07, 6.45) is 11.4. The molecule has 0 amide bonds. The Morgan fingerprint density at radius 2 is 1.69 bits per heavy atom. The van der Waals surface area contributed by atoms with E-state index in [-0.39, 0.29) is 0 Å². The maximum absolute atomic E-state index is 8.55. The lowest BCUT2D eigenvalue weighted by atomic mass is 10.1. The van der Waals surface area contributed by atoms with Crippen molar-refractivity contribution < 1.29 is 5.11 Å². The van der Waals surface area contributed by atoms with Gasteiger partial charge < -0.3 is 5.11 Å². The van der Waals surface area contributed by atoms with Crippen LogP contribution in [0.3, 0.4) is 0 Å². The molecule has 1 N–H and O–H groups in total. The normalized spacial score (nSPS) is 11.8. The minimum atomic E-state index is 0.914. The van der Waals surface area contributed by atoms with Gasteiger partial charge in [0.1, 0.15) is 0 Å².